The Morgan fingerprint density at radius 3 is 2.58 bits per heavy atom. The third-order valence-corrected chi connectivity index (χ3v) is 6.45. The summed E-state index contributed by atoms with van der Waals surface area (Å²) >= 11 is 0. The van der Waals surface area contributed by atoms with Crippen LogP contribution in [-0.2, 0) is 6.54 Å². The summed E-state index contributed by atoms with van der Waals surface area (Å²) in [7, 11) is 0. The summed E-state index contributed by atoms with van der Waals surface area (Å²) in [6, 6.07) is 17.6. The zero-order chi connectivity index (χ0) is 25.1. The number of phenols is 1. The highest BCUT2D eigenvalue weighted by atomic mass is 16.3. The van der Waals surface area contributed by atoms with E-state index in [2.05, 4.69) is 20.7 Å². The molecule has 1 aliphatic rings. The number of carbonyl (C=O) groups excluding carboxylic acids is 2. The van der Waals surface area contributed by atoms with Gasteiger partial charge in [0.1, 0.15) is 5.75 Å². The van der Waals surface area contributed by atoms with Crippen LogP contribution < -0.4 is 10.6 Å². The molecular weight excluding hydrogens is 454 g/mol. The summed E-state index contributed by atoms with van der Waals surface area (Å²) in [6.07, 6.45) is 6.19. The van der Waals surface area contributed by atoms with Crippen molar-refractivity contribution < 1.29 is 14.7 Å². The van der Waals surface area contributed by atoms with Crippen molar-refractivity contribution in [2.24, 2.45) is 0 Å². The number of anilines is 1. The molecule has 1 saturated carbocycles. The highest BCUT2D eigenvalue weighted by molar-refractivity contribution is 6.04. The average Bonchev–Trinajstić information content (AvgIpc) is 3.27. The minimum absolute atomic E-state index is 0.0156. The van der Waals surface area contributed by atoms with Gasteiger partial charge in [0, 0.05) is 41.7 Å². The Bertz CT molecular complexity index is 1410. The van der Waals surface area contributed by atoms with E-state index < -0.39 is 0 Å². The lowest BCUT2D eigenvalue weighted by atomic mass is 9.82. The first-order chi connectivity index (χ1) is 17.5. The van der Waals surface area contributed by atoms with Crippen molar-refractivity contribution in [1.82, 2.24) is 20.1 Å². The second kappa shape index (κ2) is 10.0. The maximum Gasteiger partial charge on any atom is 0.342 e. The molecule has 182 valence electrons. The molecule has 0 spiro atoms. The molecule has 0 atom stereocenters. The van der Waals surface area contributed by atoms with Crippen LogP contribution in [-0.4, -0.2) is 31.8 Å². The number of aromatic nitrogens is 3. The largest absolute Gasteiger partial charge is 0.507 e. The Kier molecular flexibility index (Phi) is 6.49. The molecule has 0 aliphatic heterocycles. The summed E-state index contributed by atoms with van der Waals surface area (Å²) < 4.78 is 1.41. The number of carbonyl (C=O) groups is 2. The number of rotatable bonds is 6. The van der Waals surface area contributed by atoms with Crippen molar-refractivity contribution in [2.45, 2.75) is 38.6 Å². The number of pyridine rings is 1. The summed E-state index contributed by atoms with van der Waals surface area (Å²) in [5.41, 5.74) is 4.85. The lowest BCUT2D eigenvalue weighted by molar-refractivity contribution is 0.102. The number of aryl methyl sites for hydroxylation is 1. The maximum absolute atomic E-state index is 13.1. The fourth-order valence-corrected chi connectivity index (χ4v) is 4.28. The average molecular weight is 482 g/mol. The van der Waals surface area contributed by atoms with E-state index in [4.69, 9.17) is 0 Å². The van der Waals surface area contributed by atoms with Gasteiger partial charge in [0.25, 0.3) is 5.91 Å². The molecular formula is C28H27N5O3. The van der Waals surface area contributed by atoms with Crippen LogP contribution in [0.5, 0.6) is 5.75 Å². The van der Waals surface area contributed by atoms with Crippen LogP contribution >= 0.6 is 0 Å². The smallest absolute Gasteiger partial charge is 0.342 e. The van der Waals surface area contributed by atoms with E-state index in [9.17, 15) is 14.7 Å². The number of hydrogen-bond donors (Lipinski definition) is 3. The third kappa shape index (κ3) is 4.98. The standard InChI is InChI=1S/C28H27N5O3/c1-18-4-2-5-19(14-18)17-30-28(36)33-25(20-6-3-7-20)16-24(32-33)23-15-22(8-9-26(23)34)31-27(35)21-10-12-29-13-11-21/h2,4-5,8-16,20,34H,3,6-7,17H2,1H3,(H,30,36)(H,31,35). The monoisotopic (exact) mass is 481 g/mol. The first-order valence-corrected chi connectivity index (χ1v) is 12.0. The van der Waals surface area contributed by atoms with Crippen LogP contribution in [0.3, 0.4) is 0 Å². The van der Waals surface area contributed by atoms with E-state index in [1.54, 1.807) is 36.7 Å². The topological polar surface area (TPSA) is 109 Å². The highest BCUT2D eigenvalue weighted by Crippen LogP contribution is 2.39. The third-order valence-electron chi connectivity index (χ3n) is 6.45. The molecule has 5 rings (SSSR count). The second-order valence-corrected chi connectivity index (χ2v) is 9.06. The Morgan fingerprint density at radius 2 is 1.86 bits per heavy atom. The summed E-state index contributed by atoms with van der Waals surface area (Å²) in [4.78, 5) is 29.6. The van der Waals surface area contributed by atoms with Gasteiger partial charge in [0.15, 0.2) is 0 Å². The molecule has 1 fully saturated rings. The molecule has 2 aromatic heterocycles. The molecule has 2 aromatic carbocycles. The number of nitrogens with one attached hydrogen (secondary N) is 2. The van der Waals surface area contributed by atoms with Crippen LogP contribution in [0.15, 0.2) is 73.1 Å². The van der Waals surface area contributed by atoms with Gasteiger partial charge in [0.2, 0.25) is 0 Å². The van der Waals surface area contributed by atoms with Gasteiger partial charge in [-0.2, -0.15) is 9.78 Å². The predicted molar refractivity (Wildman–Crippen MR) is 137 cm³/mol. The summed E-state index contributed by atoms with van der Waals surface area (Å²) in [5.74, 6) is -0.0279. The fraction of sp³-hybridized carbons (Fsp3) is 0.214. The Morgan fingerprint density at radius 1 is 1.06 bits per heavy atom. The number of amides is 2. The highest BCUT2D eigenvalue weighted by Gasteiger charge is 2.27. The van der Waals surface area contributed by atoms with E-state index in [1.165, 1.54) is 10.7 Å². The second-order valence-electron chi connectivity index (χ2n) is 9.06. The van der Waals surface area contributed by atoms with Crippen molar-refractivity contribution >= 4 is 17.6 Å². The molecule has 0 unspecified atom stereocenters. The van der Waals surface area contributed by atoms with Gasteiger partial charge in [-0.1, -0.05) is 36.2 Å². The van der Waals surface area contributed by atoms with Gasteiger partial charge >= 0.3 is 6.03 Å². The Balaban J connectivity index is 1.40. The Hall–Kier alpha value is -4.46. The fourth-order valence-electron chi connectivity index (χ4n) is 4.28. The molecule has 1 aliphatic carbocycles. The van der Waals surface area contributed by atoms with Crippen LogP contribution in [0.4, 0.5) is 10.5 Å². The van der Waals surface area contributed by atoms with Crippen molar-refractivity contribution in [2.75, 3.05) is 5.32 Å². The molecule has 8 heteroatoms. The minimum Gasteiger partial charge on any atom is -0.507 e. The lowest BCUT2D eigenvalue weighted by Gasteiger charge is -2.25. The molecule has 3 N–H and O–H groups in total. The molecule has 2 heterocycles. The van der Waals surface area contributed by atoms with Crippen LogP contribution in [0.1, 0.15) is 52.4 Å². The maximum atomic E-state index is 13.1. The molecule has 4 aromatic rings. The normalized spacial score (nSPS) is 13.1. The number of nitrogens with zero attached hydrogens (tertiary/aromatic N) is 3. The van der Waals surface area contributed by atoms with Gasteiger partial charge in [0.05, 0.1) is 11.4 Å². The quantitative estimate of drug-likeness (QED) is 0.327. The molecule has 0 bridgehead atoms. The van der Waals surface area contributed by atoms with Crippen molar-refractivity contribution in [3.05, 3.63) is 95.4 Å². The van der Waals surface area contributed by atoms with E-state index in [-0.39, 0.29) is 23.6 Å². The number of benzene rings is 2. The van der Waals surface area contributed by atoms with Crippen LogP contribution in [0.2, 0.25) is 0 Å². The predicted octanol–water partition coefficient (Wildman–Crippen LogP) is 5.24. The molecule has 8 nitrogen and oxygen atoms in total. The van der Waals surface area contributed by atoms with Crippen LogP contribution in [0.25, 0.3) is 11.3 Å². The molecule has 0 radical (unpaired) electrons. The summed E-state index contributed by atoms with van der Waals surface area (Å²) in [6.45, 7) is 2.40. The van der Waals surface area contributed by atoms with E-state index >= 15 is 0 Å². The number of aromatic hydroxyl groups is 1. The SMILES string of the molecule is Cc1cccc(CNC(=O)n2nc(-c3cc(NC(=O)c4ccncc4)ccc3O)cc2C2CCC2)c1. The zero-order valence-electron chi connectivity index (χ0n) is 19.9. The number of phenolic OH excluding ortho intramolecular Hbond substituents is 1. The zero-order valence-corrected chi connectivity index (χ0v) is 19.9. The summed E-state index contributed by atoms with van der Waals surface area (Å²) in [5, 5.41) is 21.0. The molecule has 36 heavy (non-hydrogen) atoms. The van der Waals surface area contributed by atoms with Gasteiger partial charge in [-0.15, -0.1) is 0 Å². The van der Waals surface area contributed by atoms with Gasteiger partial charge in [-0.05, 0) is 61.7 Å². The lowest BCUT2D eigenvalue weighted by Crippen LogP contribution is -2.31. The van der Waals surface area contributed by atoms with E-state index in [0.717, 1.165) is 36.1 Å². The molecule has 2 amide bonds. The van der Waals surface area contributed by atoms with Crippen LogP contribution in [0, 0.1) is 6.92 Å². The van der Waals surface area contributed by atoms with Crippen molar-refractivity contribution in [3.63, 3.8) is 0 Å². The van der Waals surface area contributed by atoms with E-state index in [0.29, 0.717) is 29.1 Å². The Labute approximate surface area is 209 Å². The number of hydrogen-bond acceptors (Lipinski definition) is 5. The van der Waals surface area contributed by atoms with Crippen molar-refractivity contribution in [3.8, 4) is 17.0 Å². The first kappa shape index (κ1) is 23.3. The van der Waals surface area contributed by atoms with Gasteiger partial charge in [-0.3, -0.25) is 9.78 Å². The van der Waals surface area contributed by atoms with Gasteiger partial charge in [-0.25, -0.2) is 4.79 Å². The molecule has 0 saturated heterocycles. The first-order valence-electron chi connectivity index (χ1n) is 12.0. The van der Waals surface area contributed by atoms with Gasteiger partial charge < -0.3 is 15.7 Å². The van der Waals surface area contributed by atoms with Crippen molar-refractivity contribution in [1.29, 1.82) is 0 Å². The minimum atomic E-state index is -0.314. The van der Waals surface area contributed by atoms with E-state index in [1.807, 2.05) is 37.3 Å².